The molecule has 0 unspecified atom stereocenters. The second-order valence-electron chi connectivity index (χ2n) is 7.47. The number of anilines is 1. The largest absolute Gasteiger partial charge is 0.457 e. The van der Waals surface area contributed by atoms with E-state index in [4.69, 9.17) is 9.15 Å². The van der Waals surface area contributed by atoms with Gasteiger partial charge in [0.15, 0.2) is 0 Å². The van der Waals surface area contributed by atoms with Crippen LogP contribution in [0.25, 0.3) is 0 Å². The number of benzene rings is 3. The lowest BCUT2D eigenvalue weighted by Gasteiger charge is -2.10. The van der Waals surface area contributed by atoms with Crippen LogP contribution in [0.3, 0.4) is 0 Å². The first-order valence-corrected chi connectivity index (χ1v) is 10.7. The van der Waals surface area contributed by atoms with Gasteiger partial charge in [0.1, 0.15) is 5.75 Å². The zero-order chi connectivity index (χ0) is 24.6. The molecule has 0 fully saturated rings. The van der Waals surface area contributed by atoms with Crippen molar-refractivity contribution >= 4 is 29.7 Å². The number of amides is 2. The molecule has 2 N–H and O–H groups in total. The van der Waals surface area contributed by atoms with E-state index in [-0.39, 0.29) is 23.0 Å². The molecule has 174 valence electrons. The highest BCUT2D eigenvalue weighted by Gasteiger charge is 2.15. The van der Waals surface area contributed by atoms with Crippen LogP contribution in [0.1, 0.15) is 42.4 Å². The van der Waals surface area contributed by atoms with Crippen molar-refractivity contribution < 1.29 is 23.5 Å². The number of rotatable bonds is 7. The Bertz CT molecular complexity index is 1380. The molecule has 8 heteroatoms. The van der Waals surface area contributed by atoms with Crippen molar-refractivity contribution in [1.29, 1.82) is 0 Å². The maximum Gasteiger partial charge on any atom is 0.379 e. The second kappa shape index (κ2) is 10.8. The van der Waals surface area contributed by atoms with Gasteiger partial charge in [-0.2, -0.15) is 5.10 Å². The molecule has 0 aliphatic rings. The van der Waals surface area contributed by atoms with E-state index in [2.05, 4.69) is 15.8 Å². The van der Waals surface area contributed by atoms with Gasteiger partial charge < -0.3 is 14.5 Å². The Hall–Kier alpha value is -4.98. The number of para-hydroxylation sites is 2. The summed E-state index contributed by atoms with van der Waals surface area (Å²) in [5, 5.41) is 6.75. The van der Waals surface area contributed by atoms with Gasteiger partial charge in [-0.3, -0.25) is 9.59 Å². The van der Waals surface area contributed by atoms with Crippen molar-refractivity contribution in [2.45, 2.75) is 6.92 Å². The van der Waals surface area contributed by atoms with Crippen LogP contribution >= 0.6 is 0 Å². The molecule has 3 aromatic carbocycles. The first kappa shape index (κ1) is 23.2. The highest BCUT2D eigenvalue weighted by molar-refractivity contribution is 6.09. The van der Waals surface area contributed by atoms with E-state index in [1.54, 1.807) is 66.7 Å². The zero-order valence-corrected chi connectivity index (χ0v) is 18.7. The minimum Gasteiger partial charge on any atom is -0.457 e. The van der Waals surface area contributed by atoms with E-state index in [0.29, 0.717) is 16.8 Å². The maximum atomic E-state index is 12.8. The quantitative estimate of drug-likeness (QED) is 0.175. The Morgan fingerprint density at radius 1 is 0.857 bits per heavy atom. The third kappa shape index (κ3) is 5.88. The molecular formula is C27H21N3O5. The summed E-state index contributed by atoms with van der Waals surface area (Å²) in [7, 11) is 0. The summed E-state index contributed by atoms with van der Waals surface area (Å²) in [5.41, 5.74) is 5.00. The molecule has 0 atom stereocenters. The highest BCUT2D eigenvalue weighted by atomic mass is 16.5. The van der Waals surface area contributed by atoms with Crippen molar-refractivity contribution in [3.63, 3.8) is 0 Å². The van der Waals surface area contributed by atoms with E-state index in [9.17, 15) is 14.4 Å². The summed E-state index contributed by atoms with van der Waals surface area (Å²) >= 11 is 0. The molecular weight excluding hydrogens is 446 g/mol. The van der Waals surface area contributed by atoms with Crippen LogP contribution in [0.4, 0.5) is 5.69 Å². The molecule has 8 nitrogen and oxygen atoms in total. The predicted octanol–water partition coefficient (Wildman–Crippen LogP) is 4.82. The van der Waals surface area contributed by atoms with Gasteiger partial charge in [0.05, 0.1) is 23.7 Å². The average molecular weight is 467 g/mol. The van der Waals surface area contributed by atoms with Crippen LogP contribution in [0.15, 0.2) is 101 Å². The number of hydrogen-bond acceptors (Lipinski definition) is 6. The van der Waals surface area contributed by atoms with Crippen LogP contribution in [0.5, 0.6) is 5.75 Å². The number of hydrogen-bond donors (Lipinski definition) is 2. The monoisotopic (exact) mass is 467 g/mol. The maximum absolute atomic E-state index is 12.8. The normalized spacial score (nSPS) is 10.7. The molecule has 0 bridgehead atoms. The number of carbonyl (C=O) groups is 3. The lowest BCUT2D eigenvalue weighted by Crippen LogP contribution is -2.21. The van der Waals surface area contributed by atoms with Crippen LogP contribution < -0.4 is 15.5 Å². The Morgan fingerprint density at radius 2 is 1.60 bits per heavy atom. The van der Waals surface area contributed by atoms with Gasteiger partial charge in [-0.25, -0.2) is 10.2 Å². The lowest BCUT2D eigenvalue weighted by atomic mass is 10.1. The van der Waals surface area contributed by atoms with Crippen molar-refractivity contribution in [3.8, 4) is 5.75 Å². The summed E-state index contributed by atoms with van der Waals surface area (Å²) in [5.74, 6) is -1.20. The minimum absolute atomic E-state index is 0.0642. The van der Waals surface area contributed by atoms with Crippen molar-refractivity contribution in [2.24, 2.45) is 5.10 Å². The Morgan fingerprint density at radius 3 is 2.37 bits per heavy atom. The van der Waals surface area contributed by atoms with E-state index in [0.717, 1.165) is 5.56 Å². The number of furan rings is 1. The van der Waals surface area contributed by atoms with Gasteiger partial charge in [-0.05, 0) is 55.5 Å². The fraction of sp³-hybridized carbons (Fsp3) is 0.0370. The number of nitrogens with one attached hydrogen (secondary N) is 2. The fourth-order valence-corrected chi connectivity index (χ4v) is 3.14. The van der Waals surface area contributed by atoms with Crippen molar-refractivity contribution in [3.05, 3.63) is 119 Å². The van der Waals surface area contributed by atoms with Gasteiger partial charge >= 0.3 is 5.97 Å². The third-order valence-corrected chi connectivity index (χ3v) is 4.95. The van der Waals surface area contributed by atoms with Crippen LogP contribution in [0, 0.1) is 6.92 Å². The number of nitrogens with zero attached hydrogens (tertiary/aromatic N) is 1. The topological polar surface area (TPSA) is 110 Å². The summed E-state index contributed by atoms with van der Waals surface area (Å²) in [4.78, 5) is 37.5. The molecule has 0 saturated carbocycles. The van der Waals surface area contributed by atoms with E-state index < -0.39 is 11.9 Å². The molecule has 2 amide bonds. The molecule has 0 aliphatic carbocycles. The molecule has 4 aromatic rings. The van der Waals surface area contributed by atoms with Gasteiger partial charge in [0.2, 0.25) is 5.76 Å². The predicted molar refractivity (Wildman–Crippen MR) is 131 cm³/mol. The number of carbonyl (C=O) groups excluding carboxylic acids is 3. The van der Waals surface area contributed by atoms with Crippen LogP contribution in [-0.2, 0) is 0 Å². The highest BCUT2D eigenvalue weighted by Crippen LogP contribution is 2.19. The molecule has 0 aliphatic heterocycles. The summed E-state index contributed by atoms with van der Waals surface area (Å²) < 4.78 is 10.4. The van der Waals surface area contributed by atoms with Gasteiger partial charge in [-0.1, -0.05) is 42.0 Å². The van der Waals surface area contributed by atoms with Crippen LogP contribution in [-0.4, -0.2) is 24.0 Å². The van der Waals surface area contributed by atoms with Crippen molar-refractivity contribution in [1.82, 2.24) is 5.43 Å². The Labute approximate surface area is 201 Å². The fourth-order valence-electron chi connectivity index (χ4n) is 3.14. The van der Waals surface area contributed by atoms with Gasteiger partial charge in [-0.15, -0.1) is 0 Å². The molecule has 0 spiro atoms. The zero-order valence-electron chi connectivity index (χ0n) is 18.7. The number of hydrazone groups is 1. The standard InChI is InChI=1S/C27H21N3O5/c1-18-12-14-19(15-13-18)25(31)29-22-9-4-3-8-21(22)26(32)30-28-17-20-7-2-5-10-23(20)35-27(33)24-11-6-16-34-24/h2-17H,1H3,(H,29,31)(H,30,32)/b28-17-. The van der Waals surface area contributed by atoms with E-state index in [1.807, 2.05) is 19.1 Å². The molecule has 35 heavy (non-hydrogen) atoms. The van der Waals surface area contributed by atoms with E-state index >= 15 is 0 Å². The van der Waals surface area contributed by atoms with E-state index in [1.165, 1.54) is 18.5 Å². The van der Waals surface area contributed by atoms with Gasteiger partial charge in [0.25, 0.3) is 11.8 Å². The number of esters is 1. The minimum atomic E-state index is -0.655. The first-order chi connectivity index (χ1) is 17.0. The third-order valence-electron chi connectivity index (χ3n) is 4.95. The van der Waals surface area contributed by atoms with Crippen molar-refractivity contribution in [2.75, 3.05) is 5.32 Å². The SMILES string of the molecule is Cc1ccc(C(=O)Nc2ccccc2C(=O)N/N=C\c2ccccc2OC(=O)c2ccco2)cc1. The Kier molecular flexibility index (Phi) is 7.13. The first-order valence-electron chi connectivity index (χ1n) is 10.7. The smallest absolute Gasteiger partial charge is 0.379 e. The summed E-state index contributed by atoms with van der Waals surface area (Å²) in [6, 6.07) is 23.5. The molecule has 0 saturated heterocycles. The second-order valence-corrected chi connectivity index (χ2v) is 7.47. The van der Waals surface area contributed by atoms with Gasteiger partial charge in [0, 0.05) is 11.1 Å². The molecule has 1 heterocycles. The molecule has 1 aromatic heterocycles. The Balaban J connectivity index is 1.44. The summed E-state index contributed by atoms with van der Waals surface area (Å²) in [6.45, 7) is 1.93. The number of ether oxygens (including phenoxy) is 1. The summed E-state index contributed by atoms with van der Waals surface area (Å²) in [6.07, 6.45) is 2.73. The van der Waals surface area contributed by atoms with Crippen LogP contribution in [0.2, 0.25) is 0 Å². The molecule has 0 radical (unpaired) electrons. The average Bonchev–Trinajstić information content (AvgIpc) is 3.41. The molecule has 4 rings (SSSR count). The number of aryl methyl sites for hydroxylation is 1. The lowest BCUT2D eigenvalue weighted by molar-refractivity contribution is 0.0700.